The molecule has 3 aromatic rings. The number of anilines is 3. The molecule has 0 aliphatic heterocycles. The summed E-state index contributed by atoms with van der Waals surface area (Å²) in [6.45, 7) is 5.93. The van der Waals surface area contributed by atoms with Gasteiger partial charge < -0.3 is 16.0 Å². The number of nitrogens with zero attached hydrogens (tertiary/aromatic N) is 1. The van der Waals surface area contributed by atoms with Gasteiger partial charge in [-0.05, 0) is 74.8 Å². The summed E-state index contributed by atoms with van der Waals surface area (Å²) in [5.41, 5.74) is 5.34. The Labute approximate surface area is 200 Å². The molecule has 0 saturated carbocycles. The van der Waals surface area contributed by atoms with E-state index in [1.54, 1.807) is 36.2 Å². The van der Waals surface area contributed by atoms with Crippen molar-refractivity contribution >= 4 is 34.8 Å². The Balaban J connectivity index is 1.57. The maximum Gasteiger partial charge on any atom is 0.257 e. The third-order valence-electron chi connectivity index (χ3n) is 5.43. The molecule has 0 heterocycles. The second-order valence-electron chi connectivity index (χ2n) is 8.39. The van der Waals surface area contributed by atoms with E-state index in [1.807, 2.05) is 63.2 Å². The van der Waals surface area contributed by atoms with Crippen LogP contribution < -0.4 is 16.0 Å². The minimum atomic E-state index is -0.321. The molecule has 0 spiro atoms. The zero-order valence-corrected chi connectivity index (χ0v) is 19.9. The minimum Gasteiger partial charge on any atom is -0.325 e. The molecule has 0 radical (unpaired) electrons. The van der Waals surface area contributed by atoms with Crippen LogP contribution in [0.15, 0.2) is 66.7 Å². The molecule has 0 fully saturated rings. The molecule has 7 nitrogen and oxygen atoms in total. The lowest BCUT2D eigenvalue weighted by molar-refractivity contribution is -0.119. The Morgan fingerprint density at radius 2 is 1.35 bits per heavy atom. The Hall–Kier alpha value is -3.97. The monoisotopic (exact) mass is 458 g/mol. The van der Waals surface area contributed by atoms with E-state index in [9.17, 15) is 14.4 Å². The maximum absolute atomic E-state index is 12.8. The molecule has 3 rings (SSSR count). The van der Waals surface area contributed by atoms with Crippen molar-refractivity contribution in [1.82, 2.24) is 4.90 Å². The highest BCUT2D eigenvalue weighted by atomic mass is 16.2. The second kappa shape index (κ2) is 11.2. The van der Waals surface area contributed by atoms with Crippen molar-refractivity contribution in [3.05, 3.63) is 89.0 Å². The van der Waals surface area contributed by atoms with E-state index in [2.05, 4.69) is 16.0 Å². The number of carbonyl (C=O) groups excluding carboxylic acids is 3. The molecule has 3 aromatic carbocycles. The topological polar surface area (TPSA) is 90.5 Å². The number of nitrogens with one attached hydrogen (secondary N) is 3. The molecule has 0 aromatic heterocycles. The van der Waals surface area contributed by atoms with Gasteiger partial charge in [-0.1, -0.05) is 36.4 Å². The number of amides is 3. The first-order valence-corrected chi connectivity index (χ1v) is 11.0. The van der Waals surface area contributed by atoms with Crippen molar-refractivity contribution in [2.75, 3.05) is 36.1 Å². The standard InChI is InChI=1S/C27H30N4O3/c1-18-9-7-11-21(15-18)28-27(34)22-12-5-6-13-24(22)30-26(33)17-31(4)16-25(32)29-23-14-8-10-19(2)20(23)3/h5-15H,16-17H2,1-4H3,(H,28,34)(H,29,32)(H,30,33). The Morgan fingerprint density at radius 1 is 0.735 bits per heavy atom. The molecule has 3 amide bonds. The summed E-state index contributed by atoms with van der Waals surface area (Å²) >= 11 is 0. The smallest absolute Gasteiger partial charge is 0.257 e. The van der Waals surface area contributed by atoms with Crippen LogP contribution in [0, 0.1) is 20.8 Å². The van der Waals surface area contributed by atoms with Gasteiger partial charge in [-0.2, -0.15) is 0 Å². The quantitative estimate of drug-likeness (QED) is 0.467. The van der Waals surface area contributed by atoms with Crippen LogP contribution in [0.3, 0.4) is 0 Å². The molecule has 3 N–H and O–H groups in total. The van der Waals surface area contributed by atoms with Crippen molar-refractivity contribution in [2.24, 2.45) is 0 Å². The number of para-hydroxylation sites is 1. The highest BCUT2D eigenvalue weighted by Crippen LogP contribution is 2.19. The summed E-state index contributed by atoms with van der Waals surface area (Å²) in [6, 6.07) is 20.0. The van der Waals surface area contributed by atoms with Crippen molar-refractivity contribution in [3.8, 4) is 0 Å². The third-order valence-corrected chi connectivity index (χ3v) is 5.43. The summed E-state index contributed by atoms with van der Waals surface area (Å²) in [4.78, 5) is 39.5. The molecule has 176 valence electrons. The zero-order chi connectivity index (χ0) is 24.7. The lowest BCUT2D eigenvalue weighted by Crippen LogP contribution is -2.36. The molecule has 0 atom stereocenters. The fourth-order valence-electron chi connectivity index (χ4n) is 3.52. The SMILES string of the molecule is Cc1cccc(NC(=O)c2ccccc2NC(=O)CN(C)CC(=O)Nc2cccc(C)c2C)c1. The number of aryl methyl sites for hydroxylation is 2. The van der Waals surface area contributed by atoms with Gasteiger partial charge in [0, 0.05) is 11.4 Å². The zero-order valence-electron chi connectivity index (χ0n) is 19.9. The van der Waals surface area contributed by atoms with E-state index in [0.717, 1.165) is 22.4 Å². The van der Waals surface area contributed by atoms with Crippen LogP contribution in [0.25, 0.3) is 0 Å². The van der Waals surface area contributed by atoms with Gasteiger partial charge in [-0.3, -0.25) is 19.3 Å². The van der Waals surface area contributed by atoms with Gasteiger partial charge in [0.05, 0.1) is 24.3 Å². The molecule has 0 saturated heterocycles. The summed E-state index contributed by atoms with van der Waals surface area (Å²) in [5, 5.41) is 8.53. The number of hydrogen-bond donors (Lipinski definition) is 3. The normalized spacial score (nSPS) is 10.6. The van der Waals surface area contributed by atoms with E-state index < -0.39 is 0 Å². The Kier molecular flexibility index (Phi) is 8.16. The van der Waals surface area contributed by atoms with Gasteiger partial charge in [-0.15, -0.1) is 0 Å². The molecule has 7 heteroatoms. The van der Waals surface area contributed by atoms with Crippen molar-refractivity contribution in [1.29, 1.82) is 0 Å². The predicted octanol–water partition coefficient (Wildman–Crippen LogP) is 4.37. The summed E-state index contributed by atoms with van der Waals surface area (Å²) in [6.07, 6.45) is 0. The first-order valence-electron chi connectivity index (χ1n) is 11.0. The van der Waals surface area contributed by atoms with E-state index in [-0.39, 0.29) is 30.8 Å². The van der Waals surface area contributed by atoms with Gasteiger partial charge in [-0.25, -0.2) is 0 Å². The lowest BCUT2D eigenvalue weighted by atomic mass is 10.1. The highest BCUT2D eigenvalue weighted by Gasteiger charge is 2.16. The van der Waals surface area contributed by atoms with Crippen LogP contribution in [0.5, 0.6) is 0 Å². The van der Waals surface area contributed by atoms with E-state index in [4.69, 9.17) is 0 Å². The second-order valence-corrected chi connectivity index (χ2v) is 8.39. The van der Waals surface area contributed by atoms with E-state index in [1.165, 1.54) is 0 Å². The van der Waals surface area contributed by atoms with Gasteiger partial charge >= 0.3 is 0 Å². The van der Waals surface area contributed by atoms with Gasteiger partial charge in [0.15, 0.2) is 0 Å². The average molecular weight is 459 g/mol. The van der Waals surface area contributed by atoms with Crippen LogP contribution in [-0.4, -0.2) is 42.8 Å². The largest absolute Gasteiger partial charge is 0.325 e. The summed E-state index contributed by atoms with van der Waals surface area (Å²) < 4.78 is 0. The van der Waals surface area contributed by atoms with Crippen LogP contribution in [0.2, 0.25) is 0 Å². The first-order chi connectivity index (χ1) is 16.2. The molecule has 34 heavy (non-hydrogen) atoms. The predicted molar refractivity (Wildman–Crippen MR) is 136 cm³/mol. The van der Waals surface area contributed by atoms with Crippen LogP contribution in [0.1, 0.15) is 27.0 Å². The molecule has 0 unspecified atom stereocenters. The third kappa shape index (κ3) is 6.76. The molecule has 0 bridgehead atoms. The fraction of sp³-hybridized carbons (Fsp3) is 0.222. The van der Waals surface area contributed by atoms with Crippen LogP contribution in [0.4, 0.5) is 17.1 Å². The van der Waals surface area contributed by atoms with E-state index in [0.29, 0.717) is 16.9 Å². The number of rotatable bonds is 8. The average Bonchev–Trinajstić information content (AvgIpc) is 2.77. The Morgan fingerprint density at radius 3 is 2.06 bits per heavy atom. The van der Waals surface area contributed by atoms with Crippen molar-refractivity contribution in [3.63, 3.8) is 0 Å². The van der Waals surface area contributed by atoms with E-state index >= 15 is 0 Å². The van der Waals surface area contributed by atoms with Gasteiger partial charge in [0.1, 0.15) is 0 Å². The lowest BCUT2D eigenvalue weighted by Gasteiger charge is -2.18. The minimum absolute atomic E-state index is 0.00590. The number of likely N-dealkylation sites (N-methyl/N-ethyl adjacent to an activating group) is 1. The summed E-state index contributed by atoms with van der Waals surface area (Å²) in [7, 11) is 1.69. The number of benzene rings is 3. The molecule has 0 aliphatic rings. The number of carbonyl (C=O) groups is 3. The van der Waals surface area contributed by atoms with Crippen LogP contribution in [-0.2, 0) is 9.59 Å². The highest BCUT2D eigenvalue weighted by molar-refractivity contribution is 6.10. The van der Waals surface area contributed by atoms with Crippen molar-refractivity contribution in [2.45, 2.75) is 20.8 Å². The molecular weight excluding hydrogens is 428 g/mol. The van der Waals surface area contributed by atoms with Gasteiger partial charge in [0.25, 0.3) is 5.91 Å². The van der Waals surface area contributed by atoms with Gasteiger partial charge in [0.2, 0.25) is 11.8 Å². The summed E-state index contributed by atoms with van der Waals surface area (Å²) in [5.74, 6) is -0.845. The molecule has 0 aliphatic carbocycles. The molecular formula is C27H30N4O3. The fourth-order valence-corrected chi connectivity index (χ4v) is 3.52. The Bertz CT molecular complexity index is 1210. The first kappa shape index (κ1) is 24.7. The van der Waals surface area contributed by atoms with Crippen LogP contribution >= 0.6 is 0 Å². The van der Waals surface area contributed by atoms with Crippen molar-refractivity contribution < 1.29 is 14.4 Å². The maximum atomic E-state index is 12.8. The number of hydrogen-bond acceptors (Lipinski definition) is 4.